The van der Waals surface area contributed by atoms with E-state index in [1.54, 1.807) is 0 Å². The van der Waals surface area contributed by atoms with Gasteiger partial charge in [0.25, 0.3) is 0 Å². The Kier molecular flexibility index (Phi) is 4.94. The third-order valence-electron chi connectivity index (χ3n) is 2.21. The predicted octanol–water partition coefficient (Wildman–Crippen LogP) is 2.45. The molecule has 0 aliphatic rings. The fraction of sp³-hybridized carbons (Fsp3) is 0.417. The largest absolute Gasteiger partial charge is 0.313 e. The highest BCUT2D eigenvalue weighted by Crippen LogP contribution is 2.03. The second-order valence-corrected chi connectivity index (χ2v) is 3.41. The minimum atomic E-state index is 0.936. The van der Waals surface area contributed by atoms with Crippen LogP contribution in [0.4, 0.5) is 0 Å². The first kappa shape index (κ1) is 10.9. The molecule has 0 saturated heterocycles. The molecule has 0 saturated carbocycles. The van der Waals surface area contributed by atoms with E-state index in [9.17, 15) is 0 Å². The van der Waals surface area contributed by atoms with Gasteiger partial charge >= 0.3 is 0 Å². The van der Waals surface area contributed by atoms with Crippen LogP contribution >= 0.6 is 0 Å². The van der Waals surface area contributed by atoms with E-state index in [0.29, 0.717) is 0 Å². The molecular formula is C12H18N2. The van der Waals surface area contributed by atoms with Gasteiger partial charge in [0.05, 0.1) is 0 Å². The number of pyridine rings is 1. The van der Waals surface area contributed by atoms with Gasteiger partial charge < -0.3 is 5.32 Å². The lowest BCUT2D eigenvalue weighted by Crippen LogP contribution is -2.15. The number of unbranched alkanes of at least 4 members (excludes halogenated alkanes) is 1. The number of aryl methyl sites for hydroxylation is 1. The fourth-order valence-electron chi connectivity index (χ4n) is 1.30. The highest BCUT2D eigenvalue weighted by Gasteiger charge is 1.95. The third-order valence-corrected chi connectivity index (χ3v) is 2.21. The highest BCUT2D eigenvalue weighted by atomic mass is 14.8. The number of nitrogens with zero attached hydrogens (tertiary/aromatic N) is 1. The standard InChI is InChI=1S/C12H18N2/c1-3-4-5-7-13-10-12-6-8-14-9-11(12)2/h3,6,8-9,13H,1,4-5,7,10H2,2H3. The highest BCUT2D eigenvalue weighted by molar-refractivity contribution is 5.21. The van der Waals surface area contributed by atoms with Crippen LogP contribution in [-0.4, -0.2) is 11.5 Å². The molecule has 1 aromatic heterocycles. The predicted molar refractivity (Wildman–Crippen MR) is 60.1 cm³/mol. The quantitative estimate of drug-likeness (QED) is 0.550. The fourth-order valence-corrected chi connectivity index (χ4v) is 1.30. The Hall–Kier alpha value is -1.15. The molecule has 1 heterocycles. The first-order valence-corrected chi connectivity index (χ1v) is 5.05. The van der Waals surface area contributed by atoms with E-state index >= 15 is 0 Å². The summed E-state index contributed by atoms with van der Waals surface area (Å²) < 4.78 is 0. The molecule has 0 unspecified atom stereocenters. The Morgan fingerprint density at radius 1 is 1.57 bits per heavy atom. The van der Waals surface area contributed by atoms with Gasteiger partial charge in [-0.05, 0) is 43.5 Å². The summed E-state index contributed by atoms with van der Waals surface area (Å²) in [5, 5.41) is 3.40. The van der Waals surface area contributed by atoms with Crippen LogP contribution < -0.4 is 5.32 Å². The first-order valence-electron chi connectivity index (χ1n) is 5.05. The van der Waals surface area contributed by atoms with Crippen molar-refractivity contribution in [3.63, 3.8) is 0 Å². The number of hydrogen-bond donors (Lipinski definition) is 1. The van der Waals surface area contributed by atoms with E-state index in [4.69, 9.17) is 0 Å². The topological polar surface area (TPSA) is 24.9 Å². The Bertz CT molecular complexity index is 281. The van der Waals surface area contributed by atoms with Crippen LogP contribution in [0.1, 0.15) is 24.0 Å². The van der Waals surface area contributed by atoms with Crippen LogP contribution in [0, 0.1) is 6.92 Å². The van der Waals surface area contributed by atoms with E-state index in [-0.39, 0.29) is 0 Å². The lowest BCUT2D eigenvalue weighted by atomic mass is 10.1. The molecule has 0 aliphatic heterocycles. The van der Waals surface area contributed by atoms with Gasteiger partial charge in [-0.25, -0.2) is 0 Å². The Morgan fingerprint density at radius 3 is 3.14 bits per heavy atom. The van der Waals surface area contributed by atoms with Gasteiger partial charge in [0.1, 0.15) is 0 Å². The molecule has 2 nitrogen and oxygen atoms in total. The van der Waals surface area contributed by atoms with Gasteiger partial charge in [0.2, 0.25) is 0 Å². The van der Waals surface area contributed by atoms with Crippen LogP contribution in [0.25, 0.3) is 0 Å². The zero-order valence-electron chi connectivity index (χ0n) is 8.79. The molecule has 0 aromatic carbocycles. The van der Waals surface area contributed by atoms with Crippen LogP contribution in [0.5, 0.6) is 0 Å². The maximum absolute atomic E-state index is 4.06. The summed E-state index contributed by atoms with van der Waals surface area (Å²) in [4.78, 5) is 4.06. The number of aromatic nitrogens is 1. The molecular weight excluding hydrogens is 172 g/mol. The second kappa shape index (κ2) is 6.33. The zero-order valence-corrected chi connectivity index (χ0v) is 8.79. The van der Waals surface area contributed by atoms with Crippen molar-refractivity contribution < 1.29 is 0 Å². The van der Waals surface area contributed by atoms with Crippen molar-refractivity contribution in [3.8, 4) is 0 Å². The number of hydrogen-bond acceptors (Lipinski definition) is 2. The van der Waals surface area contributed by atoms with Crippen LogP contribution in [-0.2, 0) is 6.54 Å². The van der Waals surface area contributed by atoms with Crippen LogP contribution in [0.15, 0.2) is 31.1 Å². The van der Waals surface area contributed by atoms with E-state index in [1.165, 1.54) is 11.1 Å². The van der Waals surface area contributed by atoms with Crippen molar-refractivity contribution in [1.82, 2.24) is 10.3 Å². The van der Waals surface area contributed by atoms with Gasteiger partial charge in [0.15, 0.2) is 0 Å². The van der Waals surface area contributed by atoms with Crippen molar-refractivity contribution in [1.29, 1.82) is 0 Å². The van der Waals surface area contributed by atoms with Crippen molar-refractivity contribution in [2.75, 3.05) is 6.54 Å². The maximum atomic E-state index is 4.06. The molecule has 1 aromatic rings. The number of allylic oxidation sites excluding steroid dienone is 1. The minimum absolute atomic E-state index is 0.936. The minimum Gasteiger partial charge on any atom is -0.313 e. The van der Waals surface area contributed by atoms with Crippen molar-refractivity contribution >= 4 is 0 Å². The van der Waals surface area contributed by atoms with E-state index < -0.39 is 0 Å². The molecule has 0 spiro atoms. The maximum Gasteiger partial charge on any atom is 0.0300 e. The molecule has 0 fully saturated rings. The molecule has 76 valence electrons. The molecule has 0 radical (unpaired) electrons. The van der Waals surface area contributed by atoms with E-state index in [2.05, 4.69) is 29.9 Å². The molecule has 0 bridgehead atoms. The van der Waals surface area contributed by atoms with Gasteiger partial charge in [0, 0.05) is 18.9 Å². The number of nitrogens with one attached hydrogen (secondary N) is 1. The van der Waals surface area contributed by atoms with Gasteiger partial charge in [-0.1, -0.05) is 6.08 Å². The smallest absolute Gasteiger partial charge is 0.0300 e. The molecule has 0 atom stereocenters. The molecule has 1 N–H and O–H groups in total. The summed E-state index contributed by atoms with van der Waals surface area (Å²) in [7, 11) is 0. The monoisotopic (exact) mass is 190 g/mol. The average molecular weight is 190 g/mol. The zero-order chi connectivity index (χ0) is 10.2. The molecule has 14 heavy (non-hydrogen) atoms. The molecule has 0 aliphatic carbocycles. The summed E-state index contributed by atoms with van der Waals surface area (Å²) in [5.41, 5.74) is 2.59. The summed E-state index contributed by atoms with van der Waals surface area (Å²) in [6, 6.07) is 2.07. The molecule has 1 rings (SSSR count). The van der Waals surface area contributed by atoms with Crippen LogP contribution in [0.2, 0.25) is 0 Å². The molecule has 0 amide bonds. The number of rotatable bonds is 6. The third kappa shape index (κ3) is 3.71. The normalized spacial score (nSPS) is 10.1. The SMILES string of the molecule is C=CCCCNCc1ccncc1C. The molecule has 2 heteroatoms. The Labute approximate surface area is 86.1 Å². The lowest BCUT2D eigenvalue weighted by molar-refractivity contribution is 0.653. The summed E-state index contributed by atoms with van der Waals surface area (Å²) in [6.07, 6.45) is 7.95. The summed E-state index contributed by atoms with van der Waals surface area (Å²) in [5.74, 6) is 0. The van der Waals surface area contributed by atoms with Crippen molar-refractivity contribution in [3.05, 3.63) is 42.2 Å². The summed E-state index contributed by atoms with van der Waals surface area (Å²) in [6.45, 7) is 7.77. The van der Waals surface area contributed by atoms with Gasteiger partial charge in [-0.2, -0.15) is 0 Å². The Morgan fingerprint density at radius 2 is 2.43 bits per heavy atom. The van der Waals surface area contributed by atoms with Gasteiger partial charge in [-0.3, -0.25) is 4.98 Å². The second-order valence-electron chi connectivity index (χ2n) is 3.41. The van der Waals surface area contributed by atoms with Crippen LogP contribution in [0.3, 0.4) is 0 Å². The lowest BCUT2D eigenvalue weighted by Gasteiger charge is -2.06. The van der Waals surface area contributed by atoms with E-state index in [0.717, 1.165) is 25.9 Å². The average Bonchev–Trinajstić information content (AvgIpc) is 2.20. The van der Waals surface area contributed by atoms with Crippen molar-refractivity contribution in [2.45, 2.75) is 26.3 Å². The van der Waals surface area contributed by atoms with Crippen molar-refractivity contribution in [2.24, 2.45) is 0 Å². The first-order chi connectivity index (χ1) is 6.84. The summed E-state index contributed by atoms with van der Waals surface area (Å²) >= 11 is 0. The van der Waals surface area contributed by atoms with E-state index in [1.807, 2.05) is 18.5 Å². The van der Waals surface area contributed by atoms with Gasteiger partial charge in [-0.15, -0.1) is 6.58 Å². The Balaban J connectivity index is 2.24.